The van der Waals surface area contributed by atoms with Gasteiger partial charge in [-0.25, -0.2) is 0 Å². The van der Waals surface area contributed by atoms with Gasteiger partial charge in [0.05, 0.1) is 31.5 Å². The summed E-state index contributed by atoms with van der Waals surface area (Å²) in [5.74, 6) is 2.13. The molecule has 0 aliphatic carbocycles. The predicted molar refractivity (Wildman–Crippen MR) is 121 cm³/mol. The number of hydrogen-bond acceptors (Lipinski definition) is 7. The van der Waals surface area contributed by atoms with Gasteiger partial charge < -0.3 is 24.2 Å². The number of nitrogens with one attached hydrogen (secondary N) is 1. The molecule has 0 radical (unpaired) electrons. The number of anilines is 1. The van der Waals surface area contributed by atoms with E-state index in [4.69, 9.17) is 14.0 Å². The van der Waals surface area contributed by atoms with Crippen LogP contribution >= 0.6 is 0 Å². The van der Waals surface area contributed by atoms with E-state index in [2.05, 4.69) is 29.3 Å². The third-order valence-corrected chi connectivity index (χ3v) is 5.63. The zero-order valence-electron chi connectivity index (χ0n) is 18.6. The van der Waals surface area contributed by atoms with Crippen LogP contribution in [0.4, 0.5) is 5.69 Å². The first kappa shape index (κ1) is 21.7. The Hall–Kier alpha value is -3.55. The highest BCUT2D eigenvalue weighted by molar-refractivity contribution is 5.83. The Balaban J connectivity index is 1.55. The fourth-order valence-electron chi connectivity index (χ4n) is 3.80. The van der Waals surface area contributed by atoms with Crippen molar-refractivity contribution in [1.82, 2.24) is 15.5 Å². The second kappa shape index (κ2) is 9.72. The van der Waals surface area contributed by atoms with Gasteiger partial charge in [0, 0.05) is 6.04 Å². The Kier molecular flexibility index (Phi) is 6.58. The number of benzene rings is 2. The van der Waals surface area contributed by atoms with Gasteiger partial charge in [-0.05, 0) is 37.1 Å². The van der Waals surface area contributed by atoms with Crippen LogP contribution in [0.1, 0.15) is 32.6 Å². The summed E-state index contributed by atoms with van der Waals surface area (Å²) in [4.78, 5) is 19.5. The second-order valence-corrected chi connectivity index (χ2v) is 7.69. The van der Waals surface area contributed by atoms with Crippen LogP contribution in [-0.2, 0) is 11.3 Å². The maximum absolute atomic E-state index is 12.9. The van der Waals surface area contributed by atoms with Crippen LogP contribution < -0.4 is 19.7 Å². The van der Waals surface area contributed by atoms with E-state index in [-0.39, 0.29) is 11.9 Å². The molecule has 1 aliphatic heterocycles. The molecule has 1 atom stereocenters. The van der Waals surface area contributed by atoms with Crippen molar-refractivity contribution in [3.8, 4) is 22.9 Å². The van der Waals surface area contributed by atoms with E-state index in [1.165, 1.54) is 0 Å². The smallest absolute Gasteiger partial charge is 0.263 e. The Bertz CT molecular complexity index is 1060. The minimum atomic E-state index is -0.623. The third kappa shape index (κ3) is 4.54. The summed E-state index contributed by atoms with van der Waals surface area (Å²) >= 11 is 0. The normalized spacial score (nSPS) is 15.2. The third-order valence-electron chi connectivity index (χ3n) is 5.63. The largest absolute Gasteiger partial charge is 0.496 e. The van der Waals surface area contributed by atoms with E-state index in [0.717, 1.165) is 24.1 Å². The molecule has 1 amide bonds. The van der Waals surface area contributed by atoms with Crippen molar-refractivity contribution in [2.24, 2.45) is 0 Å². The lowest BCUT2D eigenvalue weighted by Crippen LogP contribution is -2.51. The van der Waals surface area contributed by atoms with Gasteiger partial charge in [-0.15, -0.1) is 0 Å². The molecule has 0 bridgehead atoms. The van der Waals surface area contributed by atoms with Gasteiger partial charge in [0.15, 0.2) is 6.10 Å². The number of fused-ring (bicyclic) bond motifs is 1. The number of aromatic nitrogens is 2. The van der Waals surface area contributed by atoms with Crippen LogP contribution in [-0.4, -0.2) is 41.8 Å². The van der Waals surface area contributed by atoms with Gasteiger partial charge in [-0.2, -0.15) is 4.98 Å². The standard InChI is InChI=1S/C24H28N4O4/c1-4-16(5-2)25-24(29)21-14-28(18-11-7-9-13-20(18)31-21)15-22-26-23(27-32-22)17-10-6-8-12-19(17)30-3/h6-13,16,21H,4-5,14-15H2,1-3H3,(H,25,29). The maximum atomic E-state index is 12.9. The first-order valence-electron chi connectivity index (χ1n) is 10.9. The number of amides is 1. The number of hydrogen-bond donors (Lipinski definition) is 1. The zero-order valence-corrected chi connectivity index (χ0v) is 18.6. The lowest BCUT2D eigenvalue weighted by Gasteiger charge is -2.35. The van der Waals surface area contributed by atoms with E-state index >= 15 is 0 Å². The SMILES string of the molecule is CCC(CC)NC(=O)C1CN(Cc2nc(-c3ccccc3OC)no2)c2ccccc2O1. The van der Waals surface area contributed by atoms with E-state index < -0.39 is 6.10 Å². The number of rotatable bonds is 8. The van der Waals surface area contributed by atoms with Crippen LogP contribution in [0.5, 0.6) is 11.5 Å². The number of ether oxygens (including phenoxy) is 2. The molecule has 1 aliphatic rings. The topological polar surface area (TPSA) is 89.7 Å². The van der Waals surface area contributed by atoms with Gasteiger partial charge in [0.1, 0.15) is 11.5 Å². The minimum Gasteiger partial charge on any atom is -0.496 e. The van der Waals surface area contributed by atoms with Crippen molar-refractivity contribution in [3.05, 3.63) is 54.4 Å². The Labute approximate surface area is 187 Å². The summed E-state index contributed by atoms with van der Waals surface area (Å²) < 4.78 is 17.0. The molecule has 0 spiro atoms. The van der Waals surface area contributed by atoms with Crippen molar-refractivity contribution < 1.29 is 18.8 Å². The lowest BCUT2D eigenvalue weighted by molar-refractivity contribution is -0.128. The fraction of sp³-hybridized carbons (Fsp3) is 0.375. The second-order valence-electron chi connectivity index (χ2n) is 7.69. The average molecular weight is 437 g/mol. The fourth-order valence-corrected chi connectivity index (χ4v) is 3.80. The molecule has 2 heterocycles. The monoisotopic (exact) mass is 436 g/mol. The molecule has 3 aromatic rings. The highest BCUT2D eigenvalue weighted by atomic mass is 16.5. The van der Waals surface area contributed by atoms with E-state index in [1.54, 1.807) is 7.11 Å². The summed E-state index contributed by atoms with van der Waals surface area (Å²) in [6.07, 6.45) is 1.13. The summed E-state index contributed by atoms with van der Waals surface area (Å²) in [7, 11) is 1.61. The molecule has 2 aromatic carbocycles. The molecule has 0 fully saturated rings. The predicted octanol–water partition coefficient (Wildman–Crippen LogP) is 3.82. The van der Waals surface area contributed by atoms with Crippen molar-refractivity contribution in [2.45, 2.75) is 45.4 Å². The van der Waals surface area contributed by atoms with Gasteiger partial charge in [0.25, 0.3) is 5.91 Å². The number of carbonyl (C=O) groups is 1. The Morgan fingerprint density at radius 1 is 1.19 bits per heavy atom. The van der Waals surface area contributed by atoms with Gasteiger partial charge in [-0.3, -0.25) is 4.79 Å². The van der Waals surface area contributed by atoms with Crippen molar-refractivity contribution in [1.29, 1.82) is 0 Å². The van der Waals surface area contributed by atoms with Crippen molar-refractivity contribution >= 4 is 11.6 Å². The lowest BCUT2D eigenvalue weighted by atomic mass is 10.1. The van der Waals surface area contributed by atoms with Gasteiger partial charge in [0.2, 0.25) is 11.7 Å². The minimum absolute atomic E-state index is 0.113. The van der Waals surface area contributed by atoms with Crippen LogP contribution in [0.2, 0.25) is 0 Å². The molecule has 4 rings (SSSR count). The highest BCUT2D eigenvalue weighted by Crippen LogP contribution is 2.34. The Morgan fingerprint density at radius 2 is 1.94 bits per heavy atom. The Morgan fingerprint density at radius 3 is 2.72 bits per heavy atom. The summed E-state index contributed by atoms with van der Waals surface area (Å²) in [5.41, 5.74) is 1.64. The van der Waals surface area contributed by atoms with E-state index in [0.29, 0.717) is 36.3 Å². The molecule has 1 unspecified atom stereocenters. The maximum Gasteiger partial charge on any atom is 0.263 e. The molecule has 0 saturated carbocycles. The number of para-hydroxylation sites is 3. The highest BCUT2D eigenvalue weighted by Gasteiger charge is 2.32. The molecular weight excluding hydrogens is 408 g/mol. The van der Waals surface area contributed by atoms with Crippen LogP contribution in [0.25, 0.3) is 11.4 Å². The molecule has 8 heteroatoms. The van der Waals surface area contributed by atoms with Crippen LogP contribution in [0.3, 0.4) is 0 Å². The first-order valence-corrected chi connectivity index (χ1v) is 10.9. The summed E-state index contributed by atoms with van der Waals surface area (Å²) in [5, 5.41) is 7.21. The number of carbonyl (C=O) groups excluding carboxylic acids is 1. The van der Waals surface area contributed by atoms with Crippen LogP contribution in [0.15, 0.2) is 53.1 Å². The molecule has 32 heavy (non-hydrogen) atoms. The molecule has 8 nitrogen and oxygen atoms in total. The average Bonchev–Trinajstić information content (AvgIpc) is 3.30. The van der Waals surface area contributed by atoms with Gasteiger partial charge >= 0.3 is 0 Å². The summed E-state index contributed by atoms with van der Waals surface area (Å²) in [6.45, 7) is 4.87. The van der Waals surface area contributed by atoms with Crippen molar-refractivity contribution in [2.75, 3.05) is 18.6 Å². The van der Waals surface area contributed by atoms with Gasteiger partial charge in [-0.1, -0.05) is 43.3 Å². The molecule has 0 saturated heterocycles. The number of methoxy groups -OCH3 is 1. The van der Waals surface area contributed by atoms with E-state index in [9.17, 15) is 4.79 Å². The van der Waals surface area contributed by atoms with Crippen molar-refractivity contribution in [3.63, 3.8) is 0 Å². The molecule has 1 aromatic heterocycles. The molecular formula is C24H28N4O4. The first-order chi connectivity index (χ1) is 15.6. The summed E-state index contributed by atoms with van der Waals surface area (Å²) in [6, 6.07) is 15.3. The zero-order chi connectivity index (χ0) is 22.5. The number of nitrogens with zero attached hydrogens (tertiary/aromatic N) is 3. The molecule has 168 valence electrons. The molecule has 1 N–H and O–H groups in total. The van der Waals surface area contributed by atoms with E-state index in [1.807, 2.05) is 53.4 Å². The van der Waals surface area contributed by atoms with Crippen LogP contribution in [0, 0.1) is 0 Å². The quantitative estimate of drug-likeness (QED) is 0.574.